The van der Waals surface area contributed by atoms with E-state index in [0.29, 0.717) is 36.1 Å². The van der Waals surface area contributed by atoms with Gasteiger partial charge < -0.3 is 15.4 Å². The van der Waals surface area contributed by atoms with E-state index in [9.17, 15) is 4.79 Å². The van der Waals surface area contributed by atoms with Crippen LogP contribution in [0.5, 0.6) is 0 Å². The molecule has 102 valence electrons. The predicted octanol–water partition coefficient (Wildman–Crippen LogP) is 1.40. The van der Waals surface area contributed by atoms with Crippen molar-refractivity contribution in [3.8, 4) is 0 Å². The van der Waals surface area contributed by atoms with Gasteiger partial charge in [0.2, 0.25) is 5.91 Å². The quantitative estimate of drug-likeness (QED) is 0.857. The van der Waals surface area contributed by atoms with Gasteiger partial charge in [0.15, 0.2) is 0 Å². The zero-order valence-corrected chi connectivity index (χ0v) is 11.9. The minimum absolute atomic E-state index is 0.0341. The minimum Gasteiger partial charge on any atom is -0.391 e. The second kappa shape index (κ2) is 6.32. The van der Waals surface area contributed by atoms with Crippen LogP contribution in [-0.4, -0.2) is 41.6 Å². The number of rotatable bonds is 3. The van der Waals surface area contributed by atoms with Gasteiger partial charge in [0.25, 0.3) is 0 Å². The number of hydrogen-bond donors (Lipinski definition) is 1. The van der Waals surface area contributed by atoms with Crippen molar-refractivity contribution in [2.75, 3.05) is 19.7 Å². The van der Waals surface area contributed by atoms with Crippen molar-refractivity contribution >= 4 is 34.7 Å². The fourth-order valence-electron chi connectivity index (χ4n) is 1.98. The van der Waals surface area contributed by atoms with Gasteiger partial charge in [-0.1, -0.05) is 36.0 Å². The van der Waals surface area contributed by atoms with Crippen molar-refractivity contribution in [1.82, 2.24) is 4.90 Å². The number of thiocarbonyl (C=S) groups is 1. The zero-order valence-electron chi connectivity index (χ0n) is 10.3. The van der Waals surface area contributed by atoms with Gasteiger partial charge in [0, 0.05) is 11.6 Å². The molecule has 2 N–H and O–H groups in total. The number of nitrogens with zero attached hydrogens (tertiary/aromatic N) is 1. The Morgan fingerprint density at radius 1 is 1.58 bits per heavy atom. The number of halogens is 1. The van der Waals surface area contributed by atoms with E-state index >= 15 is 0 Å². The molecule has 6 heteroatoms. The third kappa shape index (κ3) is 3.89. The van der Waals surface area contributed by atoms with E-state index in [2.05, 4.69) is 0 Å². The second-order valence-corrected chi connectivity index (χ2v) is 5.32. The van der Waals surface area contributed by atoms with Gasteiger partial charge in [-0.3, -0.25) is 4.79 Å². The third-order valence-corrected chi connectivity index (χ3v) is 3.48. The highest BCUT2D eigenvalue weighted by Gasteiger charge is 2.25. The highest BCUT2D eigenvalue weighted by Crippen LogP contribution is 2.13. The molecule has 1 aliphatic rings. The summed E-state index contributed by atoms with van der Waals surface area (Å²) in [7, 11) is 0. The Balaban J connectivity index is 1.98. The van der Waals surface area contributed by atoms with Crippen molar-refractivity contribution in [2.45, 2.75) is 12.5 Å². The Labute approximate surface area is 122 Å². The maximum absolute atomic E-state index is 12.2. The van der Waals surface area contributed by atoms with Crippen LogP contribution in [0.4, 0.5) is 0 Å². The third-order valence-electron chi connectivity index (χ3n) is 2.98. The average molecular weight is 299 g/mol. The van der Waals surface area contributed by atoms with Crippen LogP contribution in [0.1, 0.15) is 5.56 Å². The SMILES string of the molecule is NC(=S)C1CN(C(=O)Cc2cccc(Cl)c2)CCO1. The molecule has 0 radical (unpaired) electrons. The van der Waals surface area contributed by atoms with E-state index in [1.165, 1.54) is 0 Å². The summed E-state index contributed by atoms with van der Waals surface area (Å²) in [4.78, 5) is 14.2. The molecular formula is C13H15ClN2O2S. The number of benzene rings is 1. The van der Waals surface area contributed by atoms with E-state index in [1.807, 2.05) is 12.1 Å². The zero-order chi connectivity index (χ0) is 13.8. The van der Waals surface area contributed by atoms with Crippen molar-refractivity contribution in [3.05, 3.63) is 34.9 Å². The standard InChI is InChI=1S/C13H15ClN2O2S/c14-10-3-1-2-9(6-10)7-12(17)16-4-5-18-11(8-16)13(15)19/h1-3,6,11H,4-5,7-8H2,(H2,15,19). The topological polar surface area (TPSA) is 55.6 Å². The van der Waals surface area contributed by atoms with Crippen LogP contribution in [0.25, 0.3) is 0 Å². The van der Waals surface area contributed by atoms with Gasteiger partial charge in [0.05, 0.1) is 19.6 Å². The number of carbonyl (C=O) groups is 1. The number of hydrogen-bond acceptors (Lipinski definition) is 3. The molecule has 1 aliphatic heterocycles. The van der Waals surface area contributed by atoms with Crippen molar-refractivity contribution < 1.29 is 9.53 Å². The molecular weight excluding hydrogens is 284 g/mol. The molecule has 1 saturated heterocycles. The lowest BCUT2D eigenvalue weighted by Gasteiger charge is -2.32. The normalized spacial score (nSPS) is 19.2. The summed E-state index contributed by atoms with van der Waals surface area (Å²) in [6.07, 6.45) is -0.0167. The molecule has 1 amide bonds. The molecule has 19 heavy (non-hydrogen) atoms. The molecule has 0 aliphatic carbocycles. The van der Waals surface area contributed by atoms with Crippen LogP contribution in [0.2, 0.25) is 5.02 Å². The van der Waals surface area contributed by atoms with Crippen LogP contribution >= 0.6 is 23.8 Å². The maximum Gasteiger partial charge on any atom is 0.227 e. The monoisotopic (exact) mass is 298 g/mol. The van der Waals surface area contributed by atoms with Gasteiger partial charge in [-0.15, -0.1) is 0 Å². The summed E-state index contributed by atoms with van der Waals surface area (Å²) in [5.74, 6) is 0.0341. The largest absolute Gasteiger partial charge is 0.391 e. The molecule has 2 rings (SSSR count). The summed E-state index contributed by atoms with van der Waals surface area (Å²) < 4.78 is 5.41. The van der Waals surface area contributed by atoms with Gasteiger partial charge in [-0.05, 0) is 17.7 Å². The minimum atomic E-state index is -0.341. The van der Waals surface area contributed by atoms with Crippen LogP contribution < -0.4 is 5.73 Å². The van der Waals surface area contributed by atoms with Crippen molar-refractivity contribution in [3.63, 3.8) is 0 Å². The molecule has 0 bridgehead atoms. The predicted molar refractivity (Wildman–Crippen MR) is 78.3 cm³/mol. The highest BCUT2D eigenvalue weighted by atomic mass is 35.5. The lowest BCUT2D eigenvalue weighted by molar-refractivity contribution is -0.135. The van der Waals surface area contributed by atoms with Crippen molar-refractivity contribution in [1.29, 1.82) is 0 Å². The molecule has 1 fully saturated rings. The van der Waals surface area contributed by atoms with E-state index in [-0.39, 0.29) is 12.0 Å². The van der Waals surface area contributed by atoms with Gasteiger partial charge in [-0.25, -0.2) is 0 Å². The summed E-state index contributed by atoms with van der Waals surface area (Å²) >= 11 is 10.8. The van der Waals surface area contributed by atoms with Crippen LogP contribution in [0.15, 0.2) is 24.3 Å². The van der Waals surface area contributed by atoms with E-state index in [1.54, 1.807) is 17.0 Å². The fourth-order valence-corrected chi connectivity index (χ4v) is 2.34. The van der Waals surface area contributed by atoms with Crippen LogP contribution in [-0.2, 0) is 16.0 Å². The lowest BCUT2D eigenvalue weighted by atomic mass is 10.1. The summed E-state index contributed by atoms with van der Waals surface area (Å²) in [5.41, 5.74) is 6.45. The summed E-state index contributed by atoms with van der Waals surface area (Å²) in [6, 6.07) is 7.30. The summed E-state index contributed by atoms with van der Waals surface area (Å²) in [6.45, 7) is 1.45. The number of nitrogens with two attached hydrogens (primary N) is 1. The van der Waals surface area contributed by atoms with Crippen LogP contribution in [0.3, 0.4) is 0 Å². The Bertz CT molecular complexity index is 495. The number of morpholine rings is 1. The summed E-state index contributed by atoms with van der Waals surface area (Å²) in [5, 5.41) is 0.633. The first kappa shape index (κ1) is 14.2. The van der Waals surface area contributed by atoms with E-state index in [4.69, 9.17) is 34.3 Å². The van der Waals surface area contributed by atoms with Gasteiger partial charge >= 0.3 is 0 Å². The maximum atomic E-state index is 12.2. The molecule has 1 heterocycles. The first-order chi connectivity index (χ1) is 9.06. The Morgan fingerprint density at radius 2 is 2.37 bits per heavy atom. The smallest absolute Gasteiger partial charge is 0.227 e. The van der Waals surface area contributed by atoms with E-state index < -0.39 is 0 Å². The molecule has 1 atom stereocenters. The first-order valence-electron chi connectivity index (χ1n) is 5.99. The Kier molecular flexibility index (Phi) is 4.74. The first-order valence-corrected chi connectivity index (χ1v) is 6.78. The van der Waals surface area contributed by atoms with Crippen LogP contribution in [0, 0.1) is 0 Å². The Morgan fingerprint density at radius 3 is 3.05 bits per heavy atom. The molecule has 1 aromatic rings. The van der Waals surface area contributed by atoms with Crippen molar-refractivity contribution in [2.24, 2.45) is 5.73 Å². The Hall–Kier alpha value is -1.17. The average Bonchev–Trinajstić information content (AvgIpc) is 2.39. The molecule has 1 aromatic carbocycles. The number of ether oxygens (including phenoxy) is 1. The molecule has 0 aromatic heterocycles. The molecule has 0 saturated carbocycles. The molecule has 1 unspecified atom stereocenters. The second-order valence-electron chi connectivity index (χ2n) is 4.41. The number of amides is 1. The lowest BCUT2D eigenvalue weighted by Crippen LogP contribution is -2.50. The van der Waals surface area contributed by atoms with Gasteiger partial charge in [-0.2, -0.15) is 0 Å². The highest BCUT2D eigenvalue weighted by molar-refractivity contribution is 7.80. The number of carbonyl (C=O) groups excluding carboxylic acids is 1. The fraction of sp³-hybridized carbons (Fsp3) is 0.385. The molecule has 0 spiro atoms. The van der Waals surface area contributed by atoms with E-state index in [0.717, 1.165) is 5.56 Å². The van der Waals surface area contributed by atoms with Gasteiger partial charge in [0.1, 0.15) is 11.1 Å². The molecule has 4 nitrogen and oxygen atoms in total.